The van der Waals surface area contributed by atoms with Crippen LogP contribution in [0.4, 0.5) is 0 Å². The highest BCUT2D eigenvalue weighted by atomic mass is 16.5. The van der Waals surface area contributed by atoms with Gasteiger partial charge in [-0.2, -0.15) is 0 Å². The first-order valence-electron chi connectivity index (χ1n) is 8.65. The van der Waals surface area contributed by atoms with Gasteiger partial charge in [0.25, 0.3) is 0 Å². The summed E-state index contributed by atoms with van der Waals surface area (Å²) in [4.78, 5) is 2.67. The molecule has 0 radical (unpaired) electrons. The van der Waals surface area contributed by atoms with Crippen molar-refractivity contribution in [3.05, 3.63) is 0 Å². The molecule has 3 nitrogen and oxygen atoms in total. The summed E-state index contributed by atoms with van der Waals surface area (Å²) < 4.78 is 6.07. The zero-order chi connectivity index (χ0) is 14.6. The summed E-state index contributed by atoms with van der Waals surface area (Å²) in [7, 11) is 0. The first-order chi connectivity index (χ1) is 9.54. The van der Waals surface area contributed by atoms with Crippen LogP contribution in [0.15, 0.2) is 0 Å². The van der Waals surface area contributed by atoms with Crippen LogP contribution in [0.3, 0.4) is 0 Å². The maximum Gasteiger partial charge on any atom is 0.0597 e. The number of hydrogen-bond acceptors (Lipinski definition) is 3. The van der Waals surface area contributed by atoms with E-state index in [4.69, 9.17) is 4.74 Å². The molecule has 1 heterocycles. The second-order valence-corrected chi connectivity index (χ2v) is 7.35. The molecule has 0 aromatic rings. The molecule has 2 rings (SSSR count). The van der Waals surface area contributed by atoms with Gasteiger partial charge in [-0.05, 0) is 32.1 Å². The van der Waals surface area contributed by atoms with E-state index in [-0.39, 0.29) is 5.54 Å². The number of hydrogen-bond donors (Lipinski definition) is 1. The van der Waals surface area contributed by atoms with Crippen molar-refractivity contribution >= 4 is 0 Å². The smallest absolute Gasteiger partial charge is 0.0597 e. The van der Waals surface area contributed by atoms with Crippen LogP contribution in [0.2, 0.25) is 0 Å². The van der Waals surface area contributed by atoms with Crippen LogP contribution < -0.4 is 5.32 Å². The SMILES string of the molecule is CCC1(C)CN(CCOC2CCCC2)C(C(C)C)CN1. The van der Waals surface area contributed by atoms with Crippen LogP contribution in [-0.2, 0) is 4.74 Å². The van der Waals surface area contributed by atoms with E-state index >= 15 is 0 Å². The van der Waals surface area contributed by atoms with E-state index in [1.165, 1.54) is 32.1 Å². The molecule has 2 unspecified atom stereocenters. The average molecular weight is 282 g/mol. The lowest BCUT2D eigenvalue weighted by Crippen LogP contribution is -2.64. The molecule has 0 bridgehead atoms. The molecule has 0 aromatic carbocycles. The van der Waals surface area contributed by atoms with Crippen molar-refractivity contribution in [3.8, 4) is 0 Å². The third-order valence-corrected chi connectivity index (χ3v) is 5.34. The van der Waals surface area contributed by atoms with E-state index in [1.54, 1.807) is 0 Å². The van der Waals surface area contributed by atoms with E-state index in [2.05, 4.69) is 37.9 Å². The molecule has 0 spiro atoms. The van der Waals surface area contributed by atoms with Gasteiger partial charge in [-0.1, -0.05) is 33.6 Å². The largest absolute Gasteiger partial charge is 0.377 e. The maximum absolute atomic E-state index is 6.07. The molecule has 118 valence electrons. The zero-order valence-electron chi connectivity index (χ0n) is 14.0. The van der Waals surface area contributed by atoms with Crippen molar-refractivity contribution in [2.45, 2.75) is 77.5 Å². The molecule has 1 aliphatic heterocycles. The fraction of sp³-hybridized carbons (Fsp3) is 1.00. The van der Waals surface area contributed by atoms with E-state index < -0.39 is 0 Å². The van der Waals surface area contributed by atoms with E-state index in [0.29, 0.717) is 18.1 Å². The molecule has 3 heteroatoms. The van der Waals surface area contributed by atoms with Crippen LogP contribution >= 0.6 is 0 Å². The second-order valence-electron chi connectivity index (χ2n) is 7.35. The van der Waals surface area contributed by atoms with Crippen molar-refractivity contribution in [2.24, 2.45) is 5.92 Å². The molecule has 1 saturated carbocycles. The number of ether oxygens (including phenoxy) is 1. The molecule has 20 heavy (non-hydrogen) atoms. The maximum atomic E-state index is 6.07. The van der Waals surface area contributed by atoms with Crippen molar-refractivity contribution in [1.82, 2.24) is 10.2 Å². The molecule has 1 aliphatic carbocycles. The van der Waals surface area contributed by atoms with Crippen LogP contribution in [0.25, 0.3) is 0 Å². The first-order valence-corrected chi connectivity index (χ1v) is 8.65. The van der Waals surface area contributed by atoms with Crippen molar-refractivity contribution in [2.75, 3.05) is 26.2 Å². The Labute approximate surface area is 125 Å². The Bertz CT molecular complexity index is 289. The topological polar surface area (TPSA) is 24.5 Å². The van der Waals surface area contributed by atoms with Gasteiger partial charge in [0.05, 0.1) is 12.7 Å². The van der Waals surface area contributed by atoms with Crippen LogP contribution in [0.5, 0.6) is 0 Å². The lowest BCUT2D eigenvalue weighted by atomic mass is 9.90. The molecule has 0 amide bonds. The zero-order valence-corrected chi connectivity index (χ0v) is 14.0. The molecule has 0 aromatic heterocycles. The van der Waals surface area contributed by atoms with Gasteiger partial charge in [-0.15, -0.1) is 0 Å². The molecule has 2 aliphatic rings. The van der Waals surface area contributed by atoms with Crippen LogP contribution in [-0.4, -0.2) is 48.8 Å². The minimum Gasteiger partial charge on any atom is -0.377 e. The highest BCUT2D eigenvalue weighted by molar-refractivity contribution is 4.95. The average Bonchev–Trinajstić information content (AvgIpc) is 2.92. The minimum atomic E-state index is 0.277. The minimum absolute atomic E-state index is 0.277. The van der Waals surface area contributed by atoms with Crippen LogP contribution in [0, 0.1) is 5.92 Å². The summed E-state index contributed by atoms with van der Waals surface area (Å²) >= 11 is 0. The highest BCUT2D eigenvalue weighted by Gasteiger charge is 2.35. The molecular formula is C17H34N2O. The lowest BCUT2D eigenvalue weighted by molar-refractivity contribution is 0.00395. The molecular weight excluding hydrogens is 248 g/mol. The normalized spacial score (nSPS) is 33.1. The Hall–Kier alpha value is -0.120. The Kier molecular flexibility index (Phi) is 5.88. The quantitative estimate of drug-likeness (QED) is 0.810. The second kappa shape index (κ2) is 7.24. The summed E-state index contributed by atoms with van der Waals surface area (Å²) in [5, 5.41) is 3.76. The summed E-state index contributed by atoms with van der Waals surface area (Å²) in [5.74, 6) is 0.704. The number of rotatable bonds is 6. The molecule has 1 saturated heterocycles. The summed E-state index contributed by atoms with van der Waals surface area (Å²) in [6, 6.07) is 0.654. The predicted molar refractivity (Wildman–Crippen MR) is 85.1 cm³/mol. The van der Waals surface area contributed by atoms with Gasteiger partial charge in [0.15, 0.2) is 0 Å². The van der Waals surface area contributed by atoms with Crippen molar-refractivity contribution in [3.63, 3.8) is 0 Å². The Morgan fingerprint density at radius 3 is 2.60 bits per heavy atom. The molecule has 2 fully saturated rings. The monoisotopic (exact) mass is 282 g/mol. The van der Waals surface area contributed by atoms with Crippen LogP contribution in [0.1, 0.15) is 59.8 Å². The Balaban J connectivity index is 1.83. The highest BCUT2D eigenvalue weighted by Crippen LogP contribution is 2.24. The van der Waals surface area contributed by atoms with E-state index in [9.17, 15) is 0 Å². The van der Waals surface area contributed by atoms with E-state index in [0.717, 1.165) is 26.2 Å². The van der Waals surface area contributed by atoms with Gasteiger partial charge in [-0.3, -0.25) is 4.90 Å². The fourth-order valence-electron chi connectivity index (χ4n) is 3.63. The number of nitrogens with one attached hydrogen (secondary N) is 1. The number of nitrogens with zero attached hydrogens (tertiary/aromatic N) is 1. The molecule has 2 atom stereocenters. The van der Waals surface area contributed by atoms with E-state index in [1.807, 2.05) is 0 Å². The third-order valence-electron chi connectivity index (χ3n) is 5.34. The summed E-state index contributed by atoms with van der Waals surface area (Å²) in [6.07, 6.45) is 7.02. The lowest BCUT2D eigenvalue weighted by Gasteiger charge is -2.47. The van der Waals surface area contributed by atoms with Gasteiger partial charge >= 0.3 is 0 Å². The fourth-order valence-corrected chi connectivity index (χ4v) is 3.63. The van der Waals surface area contributed by atoms with Gasteiger partial charge < -0.3 is 10.1 Å². The standard InChI is InChI=1S/C17H34N2O/c1-5-17(4)13-19(16(12-18-17)14(2)3)10-11-20-15-8-6-7-9-15/h14-16,18H,5-13H2,1-4H3. The van der Waals surface area contributed by atoms with Gasteiger partial charge in [0.1, 0.15) is 0 Å². The summed E-state index contributed by atoms with van der Waals surface area (Å²) in [5.41, 5.74) is 0.277. The Morgan fingerprint density at radius 2 is 2.00 bits per heavy atom. The molecule has 1 N–H and O–H groups in total. The van der Waals surface area contributed by atoms with Gasteiger partial charge in [0.2, 0.25) is 0 Å². The van der Waals surface area contributed by atoms with Gasteiger partial charge in [-0.25, -0.2) is 0 Å². The van der Waals surface area contributed by atoms with Crippen molar-refractivity contribution in [1.29, 1.82) is 0 Å². The third kappa shape index (κ3) is 4.19. The first kappa shape index (κ1) is 16.3. The number of piperazine rings is 1. The predicted octanol–water partition coefficient (Wildman–Crippen LogP) is 3.04. The Morgan fingerprint density at radius 1 is 1.30 bits per heavy atom. The van der Waals surface area contributed by atoms with Crippen molar-refractivity contribution < 1.29 is 4.74 Å². The van der Waals surface area contributed by atoms with Gasteiger partial charge in [0, 0.05) is 31.2 Å². The summed E-state index contributed by atoms with van der Waals surface area (Å²) in [6.45, 7) is 13.6.